The molecule has 0 aliphatic carbocycles. The van der Waals surface area contributed by atoms with Gasteiger partial charge < -0.3 is 28.5 Å². The highest BCUT2D eigenvalue weighted by Crippen LogP contribution is 2.19. The van der Waals surface area contributed by atoms with Crippen LogP contribution in [0.2, 0.25) is 0 Å². The van der Waals surface area contributed by atoms with Crippen LogP contribution in [0.5, 0.6) is 0 Å². The van der Waals surface area contributed by atoms with Crippen molar-refractivity contribution in [3.05, 3.63) is 60.8 Å². The highest BCUT2D eigenvalue weighted by Gasteiger charge is 2.25. The van der Waals surface area contributed by atoms with E-state index in [-0.39, 0.29) is 32.2 Å². The van der Waals surface area contributed by atoms with Gasteiger partial charge in [-0.1, -0.05) is 331 Å². The number of carboxylic acid groups (broad SMARTS) is 1. The van der Waals surface area contributed by atoms with Crippen molar-refractivity contribution in [2.45, 2.75) is 354 Å². The van der Waals surface area contributed by atoms with Crippen LogP contribution in [0, 0.1) is 0 Å². The van der Waals surface area contributed by atoms with Gasteiger partial charge in [-0.3, -0.25) is 9.59 Å². The largest absolute Gasteiger partial charge is 0.477 e. The van der Waals surface area contributed by atoms with Crippen LogP contribution in [0.3, 0.4) is 0 Å². The summed E-state index contributed by atoms with van der Waals surface area (Å²) in [5.41, 5.74) is 0. The second-order valence-electron chi connectivity index (χ2n) is 25.5. The molecule has 490 valence electrons. The van der Waals surface area contributed by atoms with E-state index in [9.17, 15) is 19.5 Å². The zero-order valence-electron chi connectivity index (χ0n) is 56.1. The van der Waals surface area contributed by atoms with Crippen molar-refractivity contribution in [3.63, 3.8) is 0 Å². The van der Waals surface area contributed by atoms with Gasteiger partial charge in [0, 0.05) is 12.8 Å². The molecule has 2 unspecified atom stereocenters. The second kappa shape index (κ2) is 66.0. The standard InChI is InChI=1S/C75H137NO8/c1-6-8-10-12-14-16-18-20-22-24-26-28-30-32-33-34-35-36-37-38-39-40-42-43-45-47-49-51-53-55-57-59-61-63-65-72(77)82-69-71(70-83-75(74(79)80)81-68-67-76(3,4)5)84-73(78)66-64-62-60-58-56-54-52-50-48-46-44-41-31-29-27-25-23-21-19-17-15-13-11-9-7-2/h9,11,15,17,21,23,27,29,41,44,71,75H,6-8,10,12-14,16,18-20,22,24-26,28,30-40,42-43,45-70H2,1-5H3/p+1/b11-9-,17-15-,23-21-,29-27-,44-41-. The number of quaternary nitrogens is 1. The smallest absolute Gasteiger partial charge is 0.361 e. The first-order valence-electron chi connectivity index (χ1n) is 36.0. The predicted octanol–water partition coefficient (Wildman–Crippen LogP) is 22.3. The number of carboxylic acids is 1. The summed E-state index contributed by atoms with van der Waals surface area (Å²) >= 11 is 0. The molecule has 0 spiro atoms. The van der Waals surface area contributed by atoms with Gasteiger partial charge in [0.05, 0.1) is 34.4 Å². The molecule has 0 aromatic carbocycles. The Kier molecular flexibility index (Phi) is 63.6. The molecule has 0 amide bonds. The number of hydrogen-bond acceptors (Lipinski definition) is 7. The number of rotatable bonds is 67. The third kappa shape index (κ3) is 66.5. The molecule has 0 aliphatic heterocycles. The van der Waals surface area contributed by atoms with E-state index >= 15 is 0 Å². The summed E-state index contributed by atoms with van der Waals surface area (Å²) in [6, 6.07) is 0. The Morgan fingerprint density at radius 1 is 0.369 bits per heavy atom. The molecular formula is C75H138NO8+. The Labute approximate surface area is 520 Å². The number of likely N-dealkylation sites (N-methyl/N-ethyl adjacent to an activating group) is 1. The van der Waals surface area contributed by atoms with E-state index in [1.807, 2.05) is 21.1 Å². The van der Waals surface area contributed by atoms with E-state index < -0.39 is 24.3 Å². The van der Waals surface area contributed by atoms with Gasteiger partial charge in [0.1, 0.15) is 13.2 Å². The molecule has 1 N–H and O–H groups in total. The Bertz CT molecular complexity index is 1560. The van der Waals surface area contributed by atoms with Gasteiger partial charge in [-0.25, -0.2) is 4.79 Å². The zero-order valence-corrected chi connectivity index (χ0v) is 56.1. The summed E-state index contributed by atoms with van der Waals surface area (Å²) in [5, 5.41) is 9.75. The van der Waals surface area contributed by atoms with E-state index in [1.54, 1.807) is 0 Å². The summed E-state index contributed by atoms with van der Waals surface area (Å²) in [4.78, 5) is 37.6. The van der Waals surface area contributed by atoms with E-state index in [0.717, 1.165) is 77.0 Å². The minimum absolute atomic E-state index is 0.183. The molecule has 0 aromatic rings. The second-order valence-corrected chi connectivity index (χ2v) is 25.5. The lowest BCUT2D eigenvalue weighted by Crippen LogP contribution is -2.40. The van der Waals surface area contributed by atoms with Gasteiger partial charge in [0.15, 0.2) is 6.10 Å². The van der Waals surface area contributed by atoms with Crippen molar-refractivity contribution in [2.24, 2.45) is 0 Å². The van der Waals surface area contributed by atoms with Crippen molar-refractivity contribution in [3.8, 4) is 0 Å². The monoisotopic (exact) mass is 1180 g/mol. The first-order valence-corrected chi connectivity index (χ1v) is 36.0. The van der Waals surface area contributed by atoms with Crippen LogP contribution in [-0.2, 0) is 33.3 Å². The van der Waals surface area contributed by atoms with Gasteiger partial charge in [0.25, 0.3) is 6.29 Å². The fourth-order valence-electron chi connectivity index (χ4n) is 10.6. The molecule has 0 aliphatic rings. The topological polar surface area (TPSA) is 108 Å². The molecule has 0 fully saturated rings. The number of unbranched alkanes of at least 4 members (excludes halogenated alkanes) is 42. The number of allylic oxidation sites excluding steroid dienone is 10. The van der Waals surface area contributed by atoms with Crippen molar-refractivity contribution in [2.75, 3.05) is 47.5 Å². The lowest BCUT2D eigenvalue weighted by atomic mass is 10.0. The number of nitrogens with zero attached hydrogens (tertiary/aromatic N) is 1. The van der Waals surface area contributed by atoms with Gasteiger partial charge in [-0.15, -0.1) is 0 Å². The lowest BCUT2D eigenvalue weighted by molar-refractivity contribution is -0.870. The van der Waals surface area contributed by atoms with Gasteiger partial charge >= 0.3 is 17.9 Å². The molecule has 0 saturated heterocycles. The van der Waals surface area contributed by atoms with Crippen molar-refractivity contribution >= 4 is 17.9 Å². The molecule has 2 atom stereocenters. The highest BCUT2D eigenvalue weighted by molar-refractivity contribution is 5.71. The van der Waals surface area contributed by atoms with E-state index in [2.05, 4.69) is 74.6 Å². The van der Waals surface area contributed by atoms with E-state index in [1.165, 1.54) is 231 Å². The van der Waals surface area contributed by atoms with Crippen LogP contribution >= 0.6 is 0 Å². The highest BCUT2D eigenvalue weighted by atomic mass is 16.7. The number of carbonyl (C=O) groups excluding carboxylic acids is 2. The number of carbonyl (C=O) groups is 3. The molecule has 0 heterocycles. The maximum absolute atomic E-state index is 12.9. The summed E-state index contributed by atoms with van der Waals surface area (Å²) in [5.74, 6) is -2.00. The van der Waals surface area contributed by atoms with Gasteiger partial charge in [-0.05, 0) is 57.8 Å². The molecule has 9 nitrogen and oxygen atoms in total. The fraction of sp³-hybridized carbons (Fsp3) is 0.827. The molecule has 0 saturated carbocycles. The minimum atomic E-state index is -1.51. The number of ether oxygens (including phenoxy) is 4. The first kappa shape index (κ1) is 81.0. The average Bonchev–Trinajstić information content (AvgIpc) is 3.52. The van der Waals surface area contributed by atoms with Crippen molar-refractivity contribution < 1.29 is 42.9 Å². The quantitative estimate of drug-likeness (QED) is 0.0211. The number of esters is 2. The molecule has 0 aromatic heterocycles. The van der Waals surface area contributed by atoms with Crippen LogP contribution in [0.1, 0.15) is 341 Å². The summed E-state index contributed by atoms with van der Waals surface area (Å²) in [7, 11) is 5.98. The van der Waals surface area contributed by atoms with Crippen LogP contribution in [0.15, 0.2) is 60.8 Å². The number of hydrogen-bond donors (Lipinski definition) is 1. The molecule has 84 heavy (non-hydrogen) atoms. The third-order valence-electron chi connectivity index (χ3n) is 16.0. The summed E-state index contributed by atoms with van der Waals surface area (Å²) in [6.45, 7) is 4.81. The fourth-order valence-corrected chi connectivity index (χ4v) is 10.6. The molecular weight excluding hydrogens is 1040 g/mol. The zero-order chi connectivity index (χ0) is 61.2. The SMILES string of the molecule is CC/C=C\C/C=C\C/C=C\C/C=C\C/C=C\CCCCCCCCCCCC(=O)OC(COC(=O)CCCCCCCCCCCCCCCCCCCCCCCCCCCCCCCCCCCC)COC(OCC[N+](C)(C)C)C(=O)O. The maximum atomic E-state index is 12.9. The summed E-state index contributed by atoms with van der Waals surface area (Å²) in [6.07, 6.45) is 83.5. The van der Waals surface area contributed by atoms with Crippen molar-refractivity contribution in [1.29, 1.82) is 0 Å². The predicted molar refractivity (Wildman–Crippen MR) is 360 cm³/mol. The molecule has 9 heteroatoms. The van der Waals surface area contributed by atoms with Gasteiger partial charge in [-0.2, -0.15) is 0 Å². The lowest BCUT2D eigenvalue weighted by Gasteiger charge is -2.25. The third-order valence-corrected chi connectivity index (χ3v) is 16.0. The van der Waals surface area contributed by atoms with Crippen LogP contribution in [0.4, 0.5) is 0 Å². The Balaban J connectivity index is 4.04. The Morgan fingerprint density at radius 3 is 1.01 bits per heavy atom. The molecule has 0 rings (SSSR count). The van der Waals surface area contributed by atoms with Crippen LogP contribution in [-0.4, -0.2) is 87.4 Å². The molecule has 0 bridgehead atoms. The maximum Gasteiger partial charge on any atom is 0.361 e. The van der Waals surface area contributed by atoms with E-state index in [0.29, 0.717) is 23.9 Å². The van der Waals surface area contributed by atoms with Gasteiger partial charge in [0.2, 0.25) is 0 Å². The molecule has 0 radical (unpaired) electrons. The first-order chi connectivity index (χ1) is 41.1. The van der Waals surface area contributed by atoms with E-state index in [4.69, 9.17) is 18.9 Å². The number of aliphatic carboxylic acids is 1. The van der Waals surface area contributed by atoms with Crippen molar-refractivity contribution in [1.82, 2.24) is 0 Å². The Morgan fingerprint density at radius 2 is 0.679 bits per heavy atom. The summed E-state index contributed by atoms with van der Waals surface area (Å²) < 4.78 is 23.0. The Hall–Kier alpha value is -3.01. The average molecular weight is 1180 g/mol. The minimum Gasteiger partial charge on any atom is -0.477 e. The normalized spacial score (nSPS) is 13.0. The van der Waals surface area contributed by atoms with Crippen LogP contribution < -0.4 is 0 Å². The van der Waals surface area contributed by atoms with Crippen LogP contribution in [0.25, 0.3) is 0 Å².